The molecular weight excluding hydrogens is 315 g/mol. The van der Waals surface area contributed by atoms with Crippen LogP contribution in [0.1, 0.15) is 12.8 Å². The van der Waals surface area contributed by atoms with E-state index in [1.54, 1.807) is 0 Å². The molecule has 0 unspecified atom stereocenters. The minimum atomic E-state index is -4.20. The van der Waals surface area contributed by atoms with Crippen molar-refractivity contribution in [2.24, 2.45) is 5.73 Å². The summed E-state index contributed by atoms with van der Waals surface area (Å²) in [5.41, 5.74) is 5.22. The van der Waals surface area contributed by atoms with Crippen molar-refractivity contribution >= 4 is 15.9 Å². The zero-order chi connectivity index (χ0) is 16.5. The van der Waals surface area contributed by atoms with Crippen LogP contribution in [0.4, 0.5) is 4.39 Å². The first kappa shape index (κ1) is 16.5. The summed E-state index contributed by atoms with van der Waals surface area (Å²) in [5.74, 6) is -1.57. The molecule has 0 spiro atoms. The normalized spacial score (nSPS) is 19.1. The molecule has 0 aliphatic carbocycles. The van der Waals surface area contributed by atoms with E-state index in [0.29, 0.717) is 12.8 Å². The van der Waals surface area contributed by atoms with Gasteiger partial charge in [0.05, 0.1) is 14.2 Å². The molecule has 1 atom stereocenters. The van der Waals surface area contributed by atoms with Gasteiger partial charge in [0.1, 0.15) is 16.8 Å². The first-order valence-corrected chi connectivity index (χ1v) is 7.99. The molecule has 1 heterocycles. The third-order valence-electron chi connectivity index (χ3n) is 3.56. The SMILES string of the molecule is COc1cc(F)c(S(=O)(=O)N2CCC[C@@H]2C(N)=O)cc1OC. The average Bonchev–Trinajstić information content (AvgIpc) is 2.97. The Balaban J connectivity index is 2.52. The van der Waals surface area contributed by atoms with E-state index in [-0.39, 0.29) is 18.0 Å². The lowest BCUT2D eigenvalue weighted by Crippen LogP contribution is -2.43. The number of halogens is 1. The number of ether oxygens (including phenoxy) is 2. The van der Waals surface area contributed by atoms with Gasteiger partial charge in [0.2, 0.25) is 15.9 Å². The second kappa shape index (κ2) is 6.09. The average molecular weight is 332 g/mol. The van der Waals surface area contributed by atoms with Crippen LogP contribution < -0.4 is 15.2 Å². The fourth-order valence-corrected chi connectivity index (χ4v) is 4.20. The topological polar surface area (TPSA) is 98.9 Å². The van der Waals surface area contributed by atoms with Crippen LogP contribution in [0.15, 0.2) is 17.0 Å². The van der Waals surface area contributed by atoms with Gasteiger partial charge in [-0.2, -0.15) is 4.31 Å². The number of amides is 1. The number of carbonyl (C=O) groups is 1. The van der Waals surface area contributed by atoms with Crippen molar-refractivity contribution < 1.29 is 27.1 Å². The highest BCUT2D eigenvalue weighted by atomic mass is 32.2. The molecule has 22 heavy (non-hydrogen) atoms. The smallest absolute Gasteiger partial charge is 0.246 e. The molecule has 9 heteroatoms. The number of hydrogen-bond donors (Lipinski definition) is 1. The Morgan fingerprint density at radius 2 is 1.91 bits per heavy atom. The summed E-state index contributed by atoms with van der Waals surface area (Å²) in [6.45, 7) is 0.115. The third kappa shape index (κ3) is 2.73. The first-order valence-electron chi connectivity index (χ1n) is 6.55. The van der Waals surface area contributed by atoms with E-state index in [4.69, 9.17) is 15.2 Å². The van der Waals surface area contributed by atoms with Crippen LogP contribution in [0.25, 0.3) is 0 Å². The number of rotatable bonds is 5. The van der Waals surface area contributed by atoms with Gasteiger partial charge in [-0.05, 0) is 12.8 Å². The van der Waals surface area contributed by atoms with E-state index < -0.39 is 32.7 Å². The van der Waals surface area contributed by atoms with Gasteiger partial charge in [0.25, 0.3) is 0 Å². The van der Waals surface area contributed by atoms with Crippen LogP contribution in [0.5, 0.6) is 11.5 Å². The highest BCUT2D eigenvalue weighted by Gasteiger charge is 2.40. The number of primary amides is 1. The molecule has 2 rings (SSSR count). The van der Waals surface area contributed by atoms with Gasteiger partial charge in [-0.1, -0.05) is 0 Å². The molecule has 1 amide bonds. The molecule has 7 nitrogen and oxygen atoms in total. The minimum absolute atomic E-state index is 0.0758. The van der Waals surface area contributed by atoms with E-state index in [1.165, 1.54) is 14.2 Å². The molecular formula is C13H17FN2O5S. The second-order valence-corrected chi connectivity index (χ2v) is 6.67. The number of nitrogens with two attached hydrogens (primary N) is 1. The molecule has 0 bridgehead atoms. The molecule has 2 N–H and O–H groups in total. The van der Waals surface area contributed by atoms with Crippen molar-refractivity contribution in [3.8, 4) is 11.5 Å². The zero-order valence-electron chi connectivity index (χ0n) is 12.2. The number of sulfonamides is 1. The molecule has 1 aromatic carbocycles. The van der Waals surface area contributed by atoms with Gasteiger partial charge in [-0.25, -0.2) is 12.8 Å². The molecule has 1 aromatic rings. The van der Waals surface area contributed by atoms with Gasteiger partial charge in [-0.15, -0.1) is 0 Å². The van der Waals surface area contributed by atoms with Crippen LogP contribution >= 0.6 is 0 Å². The highest BCUT2D eigenvalue weighted by molar-refractivity contribution is 7.89. The maximum Gasteiger partial charge on any atom is 0.246 e. The van der Waals surface area contributed by atoms with E-state index in [1.807, 2.05) is 0 Å². The molecule has 1 fully saturated rings. The van der Waals surface area contributed by atoms with Crippen LogP contribution in [-0.4, -0.2) is 45.4 Å². The summed E-state index contributed by atoms with van der Waals surface area (Å²) < 4.78 is 50.3. The molecule has 122 valence electrons. The molecule has 1 aliphatic rings. The minimum Gasteiger partial charge on any atom is -0.493 e. The number of benzene rings is 1. The Bertz CT molecular complexity index is 692. The summed E-state index contributed by atoms with van der Waals surface area (Å²) in [6.07, 6.45) is 0.811. The van der Waals surface area contributed by atoms with Crippen molar-refractivity contribution in [2.45, 2.75) is 23.8 Å². The summed E-state index contributed by atoms with van der Waals surface area (Å²) >= 11 is 0. The largest absolute Gasteiger partial charge is 0.493 e. The first-order chi connectivity index (χ1) is 10.3. The van der Waals surface area contributed by atoms with Crippen LogP contribution in [0.3, 0.4) is 0 Å². The van der Waals surface area contributed by atoms with Crippen molar-refractivity contribution in [3.63, 3.8) is 0 Å². The Morgan fingerprint density at radius 3 is 2.45 bits per heavy atom. The van der Waals surface area contributed by atoms with Crippen LogP contribution in [0, 0.1) is 5.82 Å². The van der Waals surface area contributed by atoms with Gasteiger partial charge in [0.15, 0.2) is 11.5 Å². The van der Waals surface area contributed by atoms with Gasteiger partial charge >= 0.3 is 0 Å². The Kier molecular flexibility index (Phi) is 4.57. The quantitative estimate of drug-likeness (QED) is 0.845. The van der Waals surface area contributed by atoms with Crippen molar-refractivity contribution in [1.82, 2.24) is 4.31 Å². The maximum atomic E-state index is 14.2. The Hall–Kier alpha value is -1.87. The molecule has 0 aromatic heterocycles. The van der Waals surface area contributed by atoms with Crippen LogP contribution in [0.2, 0.25) is 0 Å². The number of carbonyl (C=O) groups excluding carboxylic acids is 1. The van der Waals surface area contributed by atoms with Crippen LogP contribution in [-0.2, 0) is 14.8 Å². The summed E-state index contributed by atoms with van der Waals surface area (Å²) in [5, 5.41) is 0. The third-order valence-corrected chi connectivity index (χ3v) is 5.48. The van der Waals surface area contributed by atoms with Crippen molar-refractivity contribution in [3.05, 3.63) is 17.9 Å². The second-order valence-electron chi connectivity index (χ2n) is 4.81. The van der Waals surface area contributed by atoms with Crippen molar-refractivity contribution in [1.29, 1.82) is 0 Å². The highest BCUT2D eigenvalue weighted by Crippen LogP contribution is 2.35. The fraction of sp³-hybridized carbons (Fsp3) is 0.462. The zero-order valence-corrected chi connectivity index (χ0v) is 13.0. The predicted molar refractivity (Wildman–Crippen MR) is 75.6 cm³/mol. The maximum absolute atomic E-state index is 14.2. The number of hydrogen-bond acceptors (Lipinski definition) is 5. The molecule has 1 aliphatic heterocycles. The number of nitrogens with zero attached hydrogens (tertiary/aromatic N) is 1. The molecule has 0 saturated carbocycles. The molecule has 1 saturated heterocycles. The van der Waals surface area contributed by atoms with Gasteiger partial charge in [-0.3, -0.25) is 4.79 Å². The van der Waals surface area contributed by atoms with E-state index in [0.717, 1.165) is 16.4 Å². The van der Waals surface area contributed by atoms with Gasteiger partial charge < -0.3 is 15.2 Å². The molecule has 0 radical (unpaired) electrons. The lowest BCUT2D eigenvalue weighted by Gasteiger charge is -2.22. The standard InChI is InChI=1S/C13H17FN2O5S/c1-20-10-6-8(14)12(7-11(10)21-2)22(18,19)16-5-3-4-9(16)13(15)17/h6-7,9H,3-5H2,1-2H3,(H2,15,17)/t9-/m1/s1. The summed E-state index contributed by atoms with van der Waals surface area (Å²) in [7, 11) is -1.57. The Labute approximate surface area is 127 Å². The predicted octanol–water partition coefficient (Wildman–Crippen LogP) is 0.481. The van der Waals surface area contributed by atoms with Gasteiger partial charge in [0, 0.05) is 18.7 Å². The van der Waals surface area contributed by atoms with E-state index in [2.05, 4.69) is 0 Å². The number of methoxy groups -OCH3 is 2. The fourth-order valence-electron chi connectivity index (χ4n) is 2.47. The summed E-state index contributed by atoms with van der Waals surface area (Å²) in [4.78, 5) is 10.8. The van der Waals surface area contributed by atoms with E-state index >= 15 is 0 Å². The summed E-state index contributed by atoms with van der Waals surface area (Å²) in [6, 6.07) is 1.01. The van der Waals surface area contributed by atoms with E-state index in [9.17, 15) is 17.6 Å². The monoisotopic (exact) mass is 332 g/mol. The Morgan fingerprint density at radius 1 is 1.32 bits per heavy atom. The van der Waals surface area contributed by atoms with Crippen molar-refractivity contribution in [2.75, 3.05) is 20.8 Å². The lowest BCUT2D eigenvalue weighted by molar-refractivity contribution is -0.121. The lowest BCUT2D eigenvalue weighted by atomic mass is 10.2.